The van der Waals surface area contributed by atoms with Crippen molar-refractivity contribution < 1.29 is 0 Å². The first-order valence-corrected chi connectivity index (χ1v) is 8.00. The first kappa shape index (κ1) is 13.9. The number of hydrogen-bond acceptors (Lipinski definition) is 0. The Morgan fingerprint density at radius 1 is 0.944 bits per heavy atom. The van der Waals surface area contributed by atoms with Crippen molar-refractivity contribution in [2.24, 2.45) is 23.7 Å². The van der Waals surface area contributed by atoms with E-state index in [0.29, 0.717) is 5.92 Å². The molecule has 0 N–H and O–H groups in total. The molecule has 0 aromatic heterocycles. The lowest BCUT2D eigenvalue weighted by atomic mass is 9.72. The van der Waals surface area contributed by atoms with E-state index < -0.39 is 0 Å². The molecular weight excluding hydrogens is 216 g/mol. The van der Waals surface area contributed by atoms with Crippen molar-refractivity contribution in [3.05, 3.63) is 23.3 Å². The van der Waals surface area contributed by atoms with E-state index in [4.69, 9.17) is 0 Å². The van der Waals surface area contributed by atoms with Crippen molar-refractivity contribution in [2.45, 2.75) is 66.2 Å². The molecule has 0 saturated heterocycles. The fraction of sp³-hybridized carbons (Fsp3) is 0.778. The largest absolute Gasteiger partial charge is 0.0773 e. The number of allylic oxidation sites excluding steroid dienone is 4. The molecule has 0 spiro atoms. The van der Waals surface area contributed by atoms with Crippen molar-refractivity contribution in [3.63, 3.8) is 0 Å². The molecule has 0 nitrogen and oxygen atoms in total. The van der Waals surface area contributed by atoms with Crippen LogP contribution in [0, 0.1) is 23.7 Å². The average Bonchev–Trinajstić information content (AvgIpc) is 2.39. The molecule has 2 rings (SSSR count). The first-order chi connectivity index (χ1) is 8.58. The maximum absolute atomic E-state index is 2.62. The molecule has 1 saturated carbocycles. The molecule has 1 unspecified atom stereocenters. The maximum Gasteiger partial charge on any atom is -0.0162 e. The molecule has 0 amide bonds. The fourth-order valence-corrected chi connectivity index (χ4v) is 3.53. The predicted molar refractivity (Wildman–Crippen MR) is 80.5 cm³/mol. The zero-order valence-corrected chi connectivity index (χ0v) is 12.7. The summed E-state index contributed by atoms with van der Waals surface area (Å²) in [5.74, 6) is 3.21. The van der Waals surface area contributed by atoms with Gasteiger partial charge in [-0.3, -0.25) is 0 Å². The molecule has 1 fully saturated rings. The van der Waals surface area contributed by atoms with Gasteiger partial charge in [-0.25, -0.2) is 0 Å². The van der Waals surface area contributed by atoms with Crippen LogP contribution < -0.4 is 0 Å². The maximum atomic E-state index is 2.62. The van der Waals surface area contributed by atoms with Gasteiger partial charge in [0.15, 0.2) is 0 Å². The second kappa shape index (κ2) is 6.08. The van der Waals surface area contributed by atoms with Gasteiger partial charge in [0.05, 0.1) is 0 Å². The zero-order chi connectivity index (χ0) is 13.1. The van der Waals surface area contributed by atoms with Crippen LogP contribution in [0.5, 0.6) is 0 Å². The summed E-state index contributed by atoms with van der Waals surface area (Å²) in [6.45, 7) is 9.38. The lowest BCUT2D eigenvalue weighted by molar-refractivity contribution is 0.278. The van der Waals surface area contributed by atoms with Crippen molar-refractivity contribution in [1.29, 1.82) is 0 Å². The second-order valence-electron chi connectivity index (χ2n) is 6.96. The minimum absolute atomic E-state index is 0.685. The van der Waals surface area contributed by atoms with Crippen molar-refractivity contribution in [2.75, 3.05) is 0 Å². The standard InChI is InChI=1S/C18H30/c1-13(2)16-10-17(14(3)4)12-18(11-16)15-8-6-5-7-9-15/h10-11,13-15,18H,5-9,12H2,1-4H3. The third kappa shape index (κ3) is 3.28. The van der Waals surface area contributed by atoms with Gasteiger partial charge in [-0.15, -0.1) is 0 Å². The van der Waals surface area contributed by atoms with Crippen molar-refractivity contribution in [3.8, 4) is 0 Å². The Morgan fingerprint density at radius 3 is 2.17 bits per heavy atom. The Kier molecular flexibility index (Phi) is 4.70. The van der Waals surface area contributed by atoms with Crippen LogP contribution in [-0.4, -0.2) is 0 Å². The lowest BCUT2D eigenvalue weighted by Crippen LogP contribution is -2.21. The highest BCUT2D eigenvalue weighted by Crippen LogP contribution is 2.39. The highest BCUT2D eigenvalue weighted by atomic mass is 14.3. The number of rotatable bonds is 3. The highest BCUT2D eigenvalue weighted by Gasteiger charge is 2.26. The van der Waals surface area contributed by atoms with Crippen LogP contribution in [0.25, 0.3) is 0 Å². The molecule has 2 aliphatic rings. The van der Waals surface area contributed by atoms with E-state index in [-0.39, 0.29) is 0 Å². The van der Waals surface area contributed by atoms with Crippen LogP contribution in [0.15, 0.2) is 23.3 Å². The second-order valence-corrected chi connectivity index (χ2v) is 6.96. The summed E-state index contributed by atoms with van der Waals surface area (Å²) >= 11 is 0. The van der Waals surface area contributed by atoms with E-state index >= 15 is 0 Å². The van der Waals surface area contributed by atoms with Gasteiger partial charge in [0.25, 0.3) is 0 Å². The fourth-order valence-electron chi connectivity index (χ4n) is 3.53. The normalized spacial score (nSPS) is 26.4. The summed E-state index contributed by atoms with van der Waals surface area (Å²) in [5, 5.41) is 0. The topological polar surface area (TPSA) is 0 Å². The van der Waals surface area contributed by atoms with Crippen molar-refractivity contribution >= 4 is 0 Å². The highest BCUT2D eigenvalue weighted by molar-refractivity contribution is 5.32. The van der Waals surface area contributed by atoms with E-state index in [9.17, 15) is 0 Å². The van der Waals surface area contributed by atoms with E-state index in [1.165, 1.54) is 38.5 Å². The van der Waals surface area contributed by atoms with Crippen LogP contribution >= 0.6 is 0 Å². The Hall–Kier alpha value is -0.520. The third-order valence-corrected chi connectivity index (χ3v) is 4.89. The first-order valence-electron chi connectivity index (χ1n) is 8.00. The summed E-state index contributed by atoms with van der Waals surface area (Å²) in [7, 11) is 0. The number of hydrogen-bond donors (Lipinski definition) is 0. The minimum Gasteiger partial charge on any atom is -0.0773 e. The molecule has 1 atom stereocenters. The summed E-state index contributed by atoms with van der Waals surface area (Å²) in [6, 6.07) is 0. The van der Waals surface area contributed by atoms with Crippen LogP contribution in [0.4, 0.5) is 0 Å². The van der Waals surface area contributed by atoms with Crippen LogP contribution in [-0.2, 0) is 0 Å². The molecule has 0 aliphatic heterocycles. The summed E-state index contributed by atoms with van der Waals surface area (Å²) in [4.78, 5) is 0. The molecule has 0 heterocycles. The van der Waals surface area contributed by atoms with E-state index in [2.05, 4.69) is 39.8 Å². The third-order valence-electron chi connectivity index (χ3n) is 4.89. The van der Waals surface area contributed by atoms with E-state index in [0.717, 1.165) is 17.8 Å². The van der Waals surface area contributed by atoms with Crippen LogP contribution in [0.3, 0.4) is 0 Å². The SMILES string of the molecule is CC(C)C1=CC(C2CCCCC2)CC(C(C)C)=C1. The van der Waals surface area contributed by atoms with Crippen LogP contribution in [0.1, 0.15) is 66.2 Å². The lowest BCUT2D eigenvalue weighted by Gasteiger charge is -2.33. The Labute approximate surface area is 114 Å². The van der Waals surface area contributed by atoms with E-state index in [1.54, 1.807) is 11.1 Å². The van der Waals surface area contributed by atoms with Gasteiger partial charge in [-0.05, 0) is 48.5 Å². The average molecular weight is 246 g/mol. The molecule has 0 aromatic rings. The van der Waals surface area contributed by atoms with Gasteiger partial charge in [-0.2, -0.15) is 0 Å². The Morgan fingerprint density at radius 2 is 1.61 bits per heavy atom. The molecule has 0 heteroatoms. The molecule has 102 valence electrons. The van der Waals surface area contributed by atoms with Crippen molar-refractivity contribution in [1.82, 2.24) is 0 Å². The van der Waals surface area contributed by atoms with Gasteiger partial charge < -0.3 is 0 Å². The molecule has 0 aromatic carbocycles. The summed E-state index contributed by atoms with van der Waals surface area (Å²) < 4.78 is 0. The van der Waals surface area contributed by atoms with Gasteiger partial charge in [0, 0.05) is 0 Å². The smallest absolute Gasteiger partial charge is 0.0162 e. The zero-order valence-electron chi connectivity index (χ0n) is 12.7. The minimum atomic E-state index is 0.685. The predicted octanol–water partition coefficient (Wildman–Crippen LogP) is 5.75. The van der Waals surface area contributed by atoms with Crippen LogP contribution in [0.2, 0.25) is 0 Å². The summed E-state index contributed by atoms with van der Waals surface area (Å²) in [6.07, 6.45) is 13.8. The Bertz CT molecular complexity index is 324. The van der Waals surface area contributed by atoms with Gasteiger partial charge in [-0.1, -0.05) is 64.7 Å². The molecule has 18 heavy (non-hydrogen) atoms. The monoisotopic (exact) mass is 246 g/mol. The molecular formula is C18H30. The van der Waals surface area contributed by atoms with E-state index in [1.807, 2.05) is 0 Å². The van der Waals surface area contributed by atoms with Gasteiger partial charge in [0.2, 0.25) is 0 Å². The summed E-state index contributed by atoms with van der Waals surface area (Å²) in [5.41, 5.74) is 3.29. The Balaban J connectivity index is 2.14. The molecule has 2 aliphatic carbocycles. The van der Waals surface area contributed by atoms with Gasteiger partial charge in [0.1, 0.15) is 0 Å². The molecule has 0 radical (unpaired) electrons. The van der Waals surface area contributed by atoms with Gasteiger partial charge >= 0.3 is 0 Å². The quantitative estimate of drug-likeness (QED) is 0.594. The molecule has 0 bridgehead atoms.